The van der Waals surface area contributed by atoms with Gasteiger partial charge in [-0.25, -0.2) is 8.42 Å². The average molecular weight is 385 g/mol. The molecule has 1 aromatic rings. The lowest BCUT2D eigenvalue weighted by Gasteiger charge is -2.34. The van der Waals surface area contributed by atoms with Crippen LogP contribution < -0.4 is 4.74 Å². The fourth-order valence-electron chi connectivity index (χ4n) is 2.70. The van der Waals surface area contributed by atoms with Crippen molar-refractivity contribution in [2.75, 3.05) is 40.8 Å². The molecule has 0 radical (unpaired) electrons. The van der Waals surface area contributed by atoms with E-state index in [1.54, 1.807) is 35.7 Å². The Bertz CT molecular complexity index is 640. The van der Waals surface area contributed by atoms with E-state index in [-0.39, 0.29) is 5.41 Å². The smallest absolute Gasteiger partial charge is 0.243 e. The number of nitrogens with zero attached hydrogens (tertiary/aromatic N) is 2. The molecule has 1 atom stereocenters. The third kappa shape index (κ3) is 6.89. The van der Waals surface area contributed by atoms with E-state index in [9.17, 15) is 8.42 Å². The van der Waals surface area contributed by atoms with Gasteiger partial charge in [0.15, 0.2) is 0 Å². The Kier molecular flexibility index (Phi) is 8.57. The minimum Gasteiger partial charge on any atom is -0.497 e. The molecule has 1 aromatic carbocycles. The summed E-state index contributed by atoms with van der Waals surface area (Å²) in [6.45, 7) is 10.5. The molecule has 0 N–H and O–H groups in total. The van der Waals surface area contributed by atoms with Crippen LogP contribution in [0.15, 0.2) is 29.2 Å². The molecule has 6 heteroatoms. The summed E-state index contributed by atoms with van der Waals surface area (Å²) in [6, 6.07) is 6.66. The van der Waals surface area contributed by atoms with Crippen LogP contribution in [0, 0.1) is 11.3 Å². The highest BCUT2D eigenvalue weighted by atomic mass is 32.2. The summed E-state index contributed by atoms with van der Waals surface area (Å²) in [4.78, 5) is 2.46. The van der Waals surface area contributed by atoms with E-state index in [1.807, 2.05) is 14.1 Å². The summed E-state index contributed by atoms with van der Waals surface area (Å²) in [6.07, 6.45) is 1.89. The summed E-state index contributed by atoms with van der Waals surface area (Å²) in [5, 5.41) is 0. The monoisotopic (exact) mass is 384 g/mol. The van der Waals surface area contributed by atoms with Crippen LogP contribution in [0.2, 0.25) is 0 Å². The molecule has 0 bridgehead atoms. The summed E-state index contributed by atoms with van der Waals surface area (Å²) in [7, 11) is 2.12. The van der Waals surface area contributed by atoms with Gasteiger partial charge in [0.05, 0.1) is 12.0 Å². The van der Waals surface area contributed by atoms with Crippen LogP contribution in [0.3, 0.4) is 0 Å². The number of hydrogen-bond acceptors (Lipinski definition) is 4. The lowest BCUT2D eigenvalue weighted by atomic mass is 9.89. The largest absolute Gasteiger partial charge is 0.497 e. The van der Waals surface area contributed by atoms with Crippen molar-refractivity contribution in [2.24, 2.45) is 11.3 Å². The Labute approximate surface area is 160 Å². The molecule has 0 aliphatic rings. The number of ether oxygens (including phenoxy) is 1. The van der Waals surface area contributed by atoms with Crippen LogP contribution in [-0.4, -0.2) is 58.5 Å². The highest BCUT2D eigenvalue weighted by Crippen LogP contribution is 2.28. The Hall–Kier alpha value is -1.11. The summed E-state index contributed by atoms with van der Waals surface area (Å²) in [5.41, 5.74) is -0.0999. The number of hydrogen-bond donors (Lipinski definition) is 0. The first kappa shape index (κ1) is 22.9. The maximum Gasteiger partial charge on any atom is 0.243 e. The van der Waals surface area contributed by atoms with Crippen LogP contribution in [0.4, 0.5) is 0 Å². The molecule has 1 rings (SSSR count). The molecular weight excluding hydrogens is 348 g/mol. The minimum atomic E-state index is -3.54. The topological polar surface area (TPSA) is 49.9 Å². The molecular formula is C20H36N2O3S. The van der Waals surface area contributed by atoms with Crippen molar-refractivity contribution in [3.05, 3.63) is 24.3 Å². The normalized spacial score (nSPS) is 14.0. The molecule has 0 saturated carbocycles. The molecule has 0 spiro atoms. The number of sulfonamides is 1. The second-order valence-corrected chi connectivity index (χ2v) is 10.1. The lowest BCUT2D eigenvalue weighted by Crippen LogP contribution is -2.42. The first-order chi connectivity index (χ1) is 12.0. The van der Waals surface area contributed by atoms with Gasteiger partial charge in [-0.1, -0.05) is 34.1 Å². The summed E-state index contributed by atoms with van der Waals surface area (Å²) in [5.74, 6) is 0.969. The third-order valence-electron chi connectivity index (χ3n) is 4.75. The van der Waals surface area contributed by atoms with E-state index in [0.29, 0.717) is 29.7 Å². The highest BCUT2D eigenvalue weighted by molar-refractivity contribution is 7.89. The van der Waals surface area contributed by atoms with Gasteiger partial charge in [0.1, 0.15) is 5.75 Å². The maximum atomic E-state index is 13.3. The van der Waals surface area contributed by atoms with Crippen LogP contribution in [0.5, 0.6) is 5.75 Å². The van der Waals surface area contributed by atoms with Gasteiger partial charge >= 0.3 is 0 Å². The number of rotatable bonds is 11. The fourth-order valence-corrected chi connectivity index (χ4v) is 4.45. The molecule has 0 amide bonds. The van der Waals surface area contributed by atoms with Crippen molar-refractivity contribution in [2.45, 2.75) is 45.4 Å². The zero-order chi connectivity index (χ0) is 20.0. The number of methoxy groups -OCH3 is 1. The zero-order valence-corrected chi connectivity index (χ0v) is 18.3. The standard InChI is InChI=1S/C20H36N2O3S/c1-8-17(2)15-22(16-20(3,4)13-14-21(5)6)26(23,24)19-11-9-18(25-7)10-12-19/h9-12,17H,8,13-16H2,1-7H3. The zero-order valence-electron chi connectivity index (χ0n) is 17.4. The second-order valence-electron chi connectivity index (χ2n) is 8.20. The lowest BCUT2D eigenvalue weighted by molar-refractivity contribution is 0.206. The van der Waals surface area contributed by atoms with E-state index in [1.165, 1.54) is 0 Å². The van der Waals surface area contributed by atoms with E-state index in [0.717, 1.165) is 19.4 Å². The molecule has 0 heterocycles. The van der Waals surface area contributed by atoms with Gasteiger partial charge in [-0.15, -0.1) is 0 Å². The van der Waals surface area contributed by atoms with Crippen LogP contribution >= 0.6 is 0 Å². The molecule has 0 aliphatic heterocycles. The van der Waals surface area contributed by atoms with Gasteiger partial charge in [-0.3, -0.25) is 0 Å². The van der Waals surface area contributed by atoms with Gasteiger partial charge < -0.3 is 9.64 Å². The minimum absolute atomic E-state index is 0.0999. The SMILES string of the molecule is CCC(C)CN(CC(C)(C)CCN(C)C)S(=O)(=O)c1ccc(OC)cc1. The molecule has 0 fully saturated rings. The highest BCUT2D eigenvalue weighted by Gasteiger charge is 2.31. The predicted octanol–water partition coefficient (Wildman–Crippen LogP) is 3.71. The first-order valence-electron chi connectivity index (χ1n) is 9.30. The van der Waals surface area contributed by atoms with Crippen molar-refractivity contribution in [3.8, 4) is 5.75 Å². The van der Waals surface area contributed by atoms with Gasteiger partial charge in [-0.2, -0.15) is 4.31 Å². The van der Waals surface area contributed by atoms with E-state index >= 15 is 0 Å². The van der Waals surface area contributed by atoms with Crippen molar-refractivity contribution in [3.63, 3.8) is 0 Å². The molecule has 0 aliphatic carbocycles. The third-order valence-corrected chi connectivity index (χ3v) is 6.58. The molecule has 1 unspecified atom stereocenters. The second kappa shape index (κ2) is 9.72. The van der Waals surface area contributed by atoms with Gasteiger partial charge in [0.25, 0.3) is 0 Å². The maximum absolute atomic E-state index is 13.3. The van der Waals surface area contributed by atoms with E-state index in [4.69, 9.17) is 4.74 Å². The van der Waals surface area contributed by atoms with Gasteiger partial charge in [0, 0.05) is 13.1 Å². The summed E-state index contributed by atoms with van der Waals surface area (Å²) < 4.78 is 33.4. The van der Waals surface area contributed by atoms with Crippen molar-refractivity contribution in [1.82, 2.24) is 9.21 Å². The van der Waals surface area contributed by atoms with Crippen LogP contribution in [0.25, 0.3) is 0 Å². The van der Waals surface area contributed by atoms with Gasteiger partial charge in [-0.05, 0) is 62.7 Å². The first-order valence-corrected chi connectivity index (χ1v) is 10.7. The van der Waals surface area contributed by atoms with Crippen LogP contribution in [-0.2, 0) is 10.0 Å². The fraction of sp³-hybridized carbons (Fsp3) is 0.700. The van der Waals surface area contributed by atoms with Crippen LogP contribution in [0.1, 0.15) is 40.5 Å². The molecule has 0 saturated heterocycles. The Morgan fingerprint density at radius 1 is 1.15 bits per heavy atom. The molecule has 26 heavy (non-hydrogen) atoms. The van der Waals surface area contributed by atoms with Crippen molar-refractivity contribution < 1.29 is 13.2 Å². The summed E-state index contributed by atoms with van der Waals surface area (Å²) >= 11 is 0. The number of benzene rings is 1. The quantitative estimate of drug-likeness (QED) is 0.584. The Balaban J connectivity index is 3.10. The van der Waals surface area contributed by atoms with E-state index < -0.39 is 10.0 Å². The Morgan fingerprint density at radius 3 is 2.19 bits per heavy atom. The molecule has 0 aromatic heterocycles. The van der Waals surface area contributed by atoms with Crippen molar-refractivity contribution >= 4 is 10.0 Å². The molecule has 150 valence electrons. The predicted molar refractivity (Wildman–Crippen MR) is 108 cm³/mol. The van der Waals surface area contributed by atoms with E-state index in [2.05, 4.69) is 32.6 Å². The molecule has 5 nitrogen and oxygen atoms in total. The van der Waals surface area contributed by atoms with Crippen molar-refractivity contribution in [1.29, 1.82) is 0 Å². The van der Waals surface area contributed by atoms with Gasteiger partial charge in [0.2, 0.25) is 10.0 Å². The average Bonchev–Trinajstić information content (AvgIpc) is 2.59. The Morgan fingerprint density at radius 2 is 1.73 bits per heavy atom.